The highest BCUT2D eigenvalue weighted by Crippen LogP contribution is 2.36. The molecular weight excluding hydrogens is 480 g/mol. The van der Waals surface area contributed by atoms with E-state index < -0.39 is 12.0 Å². The van der Waals surface area contributed by atoms with Crippen LogP contribution in [0.2, 0.25) is 0 Å². The van der Waals surface area contributed by atoms with Crippen molar-refractivity contribution in [3.8, 4) is 17.2 Å². The highest BCUT2D eigenvalue weighted by atomic mass is 32.1. The highest BCUT2D eigenvalue weighted by Gasteiger charge is 2.34. The predicted molar refractivity (Wildman–Crippen MR) is 138 cm³/mol. The standard InChI is InChI=1S/C27H28N2O6S/c1-6-34-21-15-18(11-12-20(21)33-5)24-23(26(31)35-7-2)16(3)28-27-29(24)25(30)22(36-27)14-17-9-8-10-19(13-17)32-4/h8-15,24H,6-7H2,1-5H3/b22-14-/t24-/m0/s1. The van der Waals surface area contributed by atoms with Gasteiger partial charge in [0, 0.05) is 0 Å². The molecule has 1 aromatic heterocycles. The van der Waals surface area contributed by atoms with E-state index in [0.717, 1.165) is 5.56 Å². The first-order valence-corrected chi connectivity index (χ1v) is 12.4. The zero-order valence-electron chi connectivity index (χ0n) is 20.9. The van der Waals surface area contributed by atoms with E-state index >= 15 is 0 Å². The Balaban J connectivity index is 1.95. The van der Waals surface area contributed by atoms with Gasteiger partial charge in [-0.2, -0.15) is 0 Å². The Morgan fingerprint density at radius 2 is 1.89 bits per heavy atom. The Labute approximate surface area is 212 Å². The molecule has 4 rings (SSSR count). The molecule has 0 saturated heterocycles. The van der Waals surface area contributed by atoms with Crippen LogP contribution < -0.4 is 29.1 Å². The average molecular weight is 509 g/mol. The van der Waals surface area contributed by atoms with Crippen molar-refractivity contribution >= 4 is 23.4 Å². The SMILES string of the molecule is CCOC(=O)C1=C(C)N=c2s/c(=C\c3cccc(OC)c3)c(=O)n2[C@H]1c1ccc(OC)c(OCC)c1. The normalized spacial score (nSPS) is 15.2. The monoisotopic (exact) mass is 508 g/mol. The van der Waals surface area contributed by atoms with Gasteiger partial charge in [0.25, 0.3) is 5.56 Å². The number of carbonyl (C=O) groups is 1. The number of thiazole rings is 1. The number of carbonyl (C=O) groups excluding carboxylic acids is 1. The molecular formula is C27H28N2O6S. The maximum atomic E-state index is 13.7. The number of allylic oxidation sites excluding steroid dienone is 1. The van der Waals surface area contributed by atoms with Crippen molar-refractivity contribution in [2.75, 3.05) is 27.4 Å². The van der Waals surface area contributed by atoms with Crippen molar-refractivity contribution in [3.05, 3.63) is 84.5 Å². The van der Waals surface area contributed by atoms with Gasteiger partial charge in [-0.1, -0.05) is 29.5 Å². The maximum Gasteiger partial charge on any atom is 0.338 e. The zero-order chi connectivity index (χ0) is 25.8. The van der Waals surface area contributed by atoms with E-state index in [0.29, 0.717) is 50.0 Å². The number of nitrogens with zero attached hydrogens (tertiary/aromatic N) is 2. The van der Waals surface area contributed by atoms with E-state index in [1.54, 1.807) is 50.8 Å². The second-order valence-corrected chi connectivity index (χ2v) is 8.93. The minimum atomic E-state index is -0.738. The molecule has 3 aromatic rings. The van der Waals surface area contributed by atoms with Gasteiger partial charge in [-0.3, -0.25) is 9.36 Å². The molecule has 1 atom stereocenters. The zero-order valence-corrected chi connectivity index (χ0v) is 21.7. The van der Waals surface area contributed by atoms with Crippen LogP contribution in [0.4, 0.5) is 0 Å². The fourth-order valence-corrected chi connectivity index (χ4v) is 5.17. The molecule has 0 radical (unpaired) electrons. The van der Waals surface area contributed by atoms with Gasteiger partial charge in [0.2, 0.25) is 0 Å². The van der Waals surface area contributed by atoms with Gasteiger partial charge in [0.05, 0.1) is 49.3 Å². The van der Waals surface area contributed by atoms with E-state index in [-0.39, 0.29) is 12.2 Å². The number of methoxy groups -OCH3 is 2. The molecule has 0 spiro atoms. The lowest BCUT2D eigenvalue weighted by Gasteiger charge is -2.25. The van der Waals surface area contributed by atoms with Gasteiger partial charge in [0.1, 0.15) is 5.75 Å². The Morgan fingerprint density at radius 3 is 2.58 bits per heavy atom. The third-order valence-electron chi connectivity index (χ3n) is 5.71. The van der Waals surface area contributed by atoms with Gasteiger partial charge in [0.15, 0.2) is 16.3 Å². The molecule has 0 saturated carbocycles. The number of hydrogen-bond donors (Lipinski definition) is 0. The molecule has 9 heteroatoms. The minimum Gasteiger partial charge on any atom is -0.497 e. The first-order valence-electron chi connectivity index (χ1n) is 11.6. The minimum absolute atomic E-state index is 0.204. The molecule has 0 bridgehead atoms. The molecule has 0 fully saturated rings. The number of aromatic nitrogens is 1. The summed E-state index contributed by atoms with van der Waals surface area (Å²) in [6.07, 6.45) is 1.80. The maximum absolute atomic E-state index is 13.7. The second kappa shape index (κ2) is 10.8. The number of fused-ring (bicyclic) bond motifs is 1. The van der Waals surface area contributed by atoms with Gasteiger partial charge in [-0.15, -0.1) is 0 Å². The Hall–Kier alpha value is -3.85. The third kappa shape index (κ3) is 4.79. The highest BCUT2D eigenvalue weighted by molar-refractivity contribution is 7.07. The van der Waals surface area contributed by atoms with Crippen LogP contribution in [0.1, 0.15) is 37.9 Å². The summed E-state index contributed by atoms with van der Waals surface area (Å²) in [4.78, 5) is 31.9. The molecule has 1 aliphatic heterocycles. The fourth-order valence-electron chi connectivity index (χ4n) is 4.12. The summed E-state index contributed by atoms with van der Waals surface area (Å²) in [5, 5.41) is 0. The quantitative estimate of drug-likeness (QED) is 0.434. The van der Waals surface area contributed by atoms with Gasteiger partial charge < -0.3 is 18.9 Å². The lowest BCUT2D eigenvalue weighted by atomic mass is 9.95. The number of rotatable bonds is 8. The smallest absolute Gasteiger partial charge is 0.338 e. The van der Waals surface area contributed by atoms with Crippen molar-refractivity contribution in [3.63, 3.8) is 0 Å². The average Bonchev–Trinajstić information content (AvgIpc) is 3.17. The summed E-state index contributed by atoms with van der Waals surface area (Å²) < 4.78 is 23.9. The largest absolute Gasteiger partial charge is 0.497 e. The Bertz CT molecular complexity index is 1500. The van der Waals surface area contributed by atoms with Crippen molar-refractivity contribution in [2.45, 2.75) is 26.8 Å². The molecule has 0 aliphatic carbocycles. The Morgan fingerprint density at radius 1 is 1.08 bits per heavy atom. The van der Waals surface area contributed by atoms with E-state index in [1.165, 1.54) is 11.3 Å². The summed E-state index contributed by atoms with van der Waals surface area (Å²) in [6.45, 7) is 6.01. The summed E-state index contributed by atoms with van der Waals surface area (Å²) in [5.41, 5.74) is 2.06. The summed E-state index contributed by atoms with van der Waals surface area (Å²) in [7, 11) is 3.16. The molecule has 2 heterocycles. The number of esters is 1. The molecule has 1 aliphatic rings. The molecule has 2 aromatic carbocycles. The van der Waals surface area contributed by atoms with Gasteiger partial charge in [-0.05, 0) is 62.2 Å². The van der Waals surface area contributed by atoms with E-state index in [4.69, 9.17) is 18.9 Å². The van der Waals surface area contributed by atoms with Crippen molar-refractivity contribution in [1.29, 1.82) is 0 Å². The topological polar surface area (TPSA) is 88.4 Å². The number of ether oxygens (including phenoxy) is 4. The molecule has 188 valence electrons. The molecule has 0 N–H and O–H groups in total. The first-order chi connectivity index (χ1) is 17.4. The number of hydrogen-bond acceptors (Lipinski definition) is 8. The summed E-state index contributed by atoms with van der Waals surface area (Å²) in [5.74, 6) is 1.26. The molecule has 36 heavy (non-hydrogen) atoms. The number of benzene rings is 2. The lowest BCUT2D eigenvalue weighted by Crippen LogP contribution is -2.40. The molecule has 0 amide bonds. The van der Waals surface area contributed by atoms with Crippen LogP contribution in [0.15, 0.2) is 63.5 Å². The van der Waals surface area contributed by atoms with Crippen LogP contribution in [-0.2, 0) is 9.53 Å². The second-order valence-electron chi connectivity index (χ2n) is 7.92. The molecule has 0 unspecified atom stereocenters. The van der Waals surface area contributed by atoms with Crippen LogP contribution in [0, 0.1) is 0 Å². The van der Waals surface area contributed by atoms with Crippen LogP contribution >= 0.6 is 11.3 Å². The van der Waals surface area contributed by atoms with E-state index in [2.05, 4.69) is 4.99 Å². The van der Waals surface area contributed by atoms with Crippen molar-refractivity contribution in [1.82, 2.24) is 4.57 Å². The fraction of sp³-hybridized carbons (Fsp3) is 0.296. The third-order valence-corrected chi connectivity index (χ3v) is 6.69. The summed E-state index contributed by atoms with van der Waals surface area (Å²) in [6, 6.07) is 12.1. The van der Waals surface area contributed by atoms with Crippen molar-refractivity contribution < 1.29 is 23.7 Å². The Kier molecular flexibility index (Phi) is 7.59. The van der Waals surface area contributed by atoms with E-state index in [1.807, 2.05) is 37.3 Å². The summed E-state index contributed by atoms with van der Waals surface area (Å²) >= 11 is 1.27. The van der Waals surface area contributed by atoms with Crippen LogP contribution in [0.3, 0.4) is 0 Å². The van der Waals surface area contributed by atoms with Gasteiger partial charge in [-0.25, -0.2) is 9.79 Å². The van der Waals surface area contributed by atoms with Crippen molar-refractivity contribution in [2.24, 2.45) is 4.99 Å². The van der Waals surface area contributed by atoms with E-state index in [9.17, 15) is 9.59 Å². The molecule has 8 nitrogen and oxygen atoms in total. The first kappa shape index (κ1) is 25.2. The van der Waals surface area contributed by atoms with Crippen LogP contribution in [0.5, 0.6) is 17.2 Å². The van der Waals surface area contributed by atoms with Gasteiger partial charge >= 0.3 is 5.97 Å². The van der Waals surface area contributed by atoms with Crippen LogP contribution in [0.25, 0.3) is 6.08 Å². The van der Waals surface area contributed by atoms with Crippen LogP contribution in [-0.4, -0.2) is 38.0 Å². The lowest BCUT2D eigenvalue weighted by molar-refractivity contribution is -0.139. The predicted octanol–water partition coefficient (Wildman–Crippen LogP) is 3.21.